The lowest BCUT2D eigenvalue weighted by Crippen LogP contribution is -2.55. The number of para-hydroxylation sites is 1. The molecule has 1 amide bonds. The highest BCUT2D eigenvalue weighted by Gasteiger charge is 2.36. The minimum Gasteiger partial charge on any atom is -0.436 e. The van der Waals surface area contributed by atoms with Gasteiger partial charge in [-0.15, -0.1) is 0 Å². The van der Waals surface area contributed by atoms with Crippen molar-refractivity contribution in [1.29, 1.82) is 0 Å². The van der Waals surface area contributed by atoms with E-state index in [2.05, 4.69) is 22.2 Å². The number of hydrogen-bond acceptors (Lipinski definition) is 4. The number of benzene rings is 2. The number of rotatable bonds is 3. The van der Waals surface area contributed by atoms with E-state index in [-0.39, 0.29) is 11.9 Å². The summed E-state index contributed by atoms with van der Waals surface area (Å²) in [6.07, 6.45) is 5.78. The monoisotopic (exact) mass is 409 g/mol. The zero-order valence-corrected chi connectivity index (χ0v) is 17.2. The van der Waals surface area contributed by atoms with Crippen LogP contribution in [0.25, 0.3) is 22.6 Å². The number of carbonyl (C=O) groups is 1. The molecule has 1 unspecified atom stereocenters. The van der Waals surface area contributed by atoms with E-state index >= 15 is 0 Å². The molecule has 2 aliphatic heterocycles. The number of nitrogens with zero attached hydrogens (tertiary/aromatic N) is 2. The number of fused-ring (bicyclic) bond motifs is 3. The smallest absolute Gasteiger partial charge is 0.253 e. The van der Waals surface area contributed by atoms with Gasteiger partial charge in [-0.1, -0.05) is 24.1 Å². The molecule has 0 radical (unpaired) electrons. The third-order valence-corrected chi connectivity index (χ3v) is 6.68. The second-order valence-electron chi connectivity index (χ2n) is 8.22. The maximum absolute atomic E-state index is 13.1. The van der Waals surface area contributed by atoms with Crippen LogP contribution in [-0.4, -0.2) is 41.0 Å². The molecule has 2 aliphatic rings. The lowest BCUT2D eigenvalue weighted by atomic mass is 9.82. The largest absolute Gasteiger partial charge is 0.436 e. The minimum absolute atomic E-state index is 0.0702. The van der Waals surface area contributed by atoms with Crippen molar-refractivity contribution < 1.29 is 9.21 Å². The molecule has 2 aromatic carbocycles. The van der Waals surface area contributed by atoms with Gasteiger partial charge < -0.3 is 14.6 Å². The van der Waals surface area contributed by atoms with Gasteiger partial charge in [0.1, 0.15) is 5.52 Å². The van der Waals surface area contributed by atoms with Gasteiger partial charge in [-0.25, -0.2) is 4.98 Å². The van der Waals surface area contributed by atoms with E-state index in [1.54, 1.807) is 12.1 Å². The molecule has 6 heteroatoms. The summed E-state index contributed by atoms with van der Waals surface area (Å²) in [6.45, 7) is 0. The fraction of sp³-hybridized carbons (Fsp3) is 0.391. The van der Waals surface area contributed by atoms with Gasteiger partial charge >= 0.3 is 0 Å². The van der Waals surface area contributed by atoms with Crippen molar-refractivity contribution in [3.63, 3.8) is 0 Å². The third-order valence-electron chi connectivity index (χ3n) is 6.43. The lowest BCUT2D eigenvalue weighted by molar-refractivity contribution is 0.0463. The quantitative estimate of drug-likeness (QED) is 0.668. The van der Waals surface area contributed by atoms with E-state index in [1.165, 1.54) is 19.3 Å². The van der Waals surface area contributed by atoms with Crippen LogP contribution in [0.5, 0.6) is 0 Å². The minimum atomic E-state index is -0.0702. The van der Waals surface area contributed by atoms with E-state index < -0.39 is 0 Å². The summed E-state index contributed by atoms with van der Waals surface area (Å²) in [5, 5.41) is 3.93. The van der Waals surface area contributed by atoms with Crippen LogP contribution in [0.15, 0.2) is 46.9 Å². The number of aromatic nitrogens is 1. The molecule has 0 aliphatic carbocycles. The van der Waals surface area contributed by atoms with Crippen molar-refractivity contribution in [2.75, 3.05) is 7.05 Å². The van der Waals surface area contributed by atoms with E-state index in [4.69, 9.17) is 16.0 Å². The van der Waals surface area contributed by atoms with Crippen molar-refractivity contribution in [2.45, 2.75) is 50.2 Å². The molecule has 2 fully saturated rings. The van der Waals surface area contributed by atoms with Gasteiger partial charge in [0.15, 0.2) is 5.58 Å². The molecule has 2 saturated heterocycles. The van der Waals surface area contributed by atoms with Crippen LogP contribution in [-0.2, 0) is 0 Å². The first-order valence-corrected chi connectivity index (χ1v) is 10.6. The van der Waals surface area contributed by atoms with E-state index in [0.717, 1.165) is 18.4 Å². The standard InChI is InChI=1S/C23H24ClN3O2/c1-27-17-4-2-5-18(27)13-16(12-17)25-22(28)19-6-3-7-20-21(19)26-23(29-20)14-8-10-15(24)11-9-14/h3,6-11,16-18H,2,4-5,12-13H2,1H3,(H,25,28)/t16?,17-,18+. The number of carbonyl (C=O) groups excluding carboxylic acids is 1. The van der Waals surface area contributed by atoms with Crippen molar-refractivity contribution in [1.82, 2.24) is 15.2 Å². The first kappa shape index (κ1) is 18.6. The fourth-order valence-electron chi connectivity index (χ4n) is 4.84. The molecule has 1 aromatic heterocycles. The molecule has 0 saturated carbocycles. The first-order valence-electron chi connectivity index (χ1n) is 10.3. The van der Waals surface area contributed by atoms with Crippen molar-refractivity contribution >= 4 is 28.6 Å². The van der Waals surface area contributed by atoms with Gasteiger partial charge in [-0.05, 0) is 69.1 Å². The first-order chi connectivity index (χ1) is 14.1. The van der Waals surface area contributed by atoms with Crippen LogP contribution in [0.3, 0.4) is 0 Å². The maximum Gasteiger partial charge on any atom is 0.253 e. The molecule has 3 aromatic rings. The van der Waals surface area contributed by atoms with Crippen LogP contribution in [0.2, 0.25) is 5.02 Å². The fourth-order valence-corrected chi connectivity index (χ4v) is 4.97. The second kappa shape index (κ2) is 7.47. The van der Waals surface area contributed by atoms with E-state index in [0.29, 0.717) is 39.7 Å². The Kier molecular flexibility index (Phi) is 4.80. The molecule has 0 spiro atoms. The van der Waals surface area contributed by atoms with Crippen LogP contribution in [0.1, 0.15) is 42.5 Å². The molecule has 5 rings (SSSR count). The molecule has 3 heterocycles. The van der Waals surface area contributed by atoms with Gasteiger partial charge in [0.25, 0.3) is 5.91 Å². The van der Waals surface area contributed by atoms with Crippen LogP contribution in [0.4, 0.5) is 0 Å². The normalized spacial score (nSPS) is 24.6. The summed E-state index contributed by atoms with van der Waals surface area (Å²) in [7, 11) is 2.22. The van der Waals surface area contributed by atoms with E-state index in [1.807, 2.05) is 30.3 Å². The molecule has 3 atom stereocenters. The predicted octanol–water partition coefficient (Wildman–Crippen LogP) is 4.89. The SMILES string of the molecule is CN1[C@@H]2CCC[C@H]1CC(NC(=O)c1cccc3oc(-c4ccc(Cl)cc4)nc13)C2. The lowest BCUT2D eigenvalue weighted by Gasteiger charge is -2.47. The average molecular weight is 410 g/mol. The number of piperidine rings is 2. The van der Waals surface area contributed by atoms with Crippen molar-refractivity contribution in [3.05, 3.63) is 53.1 Å². The maximum atomic E-state index is 13.1. The Balaban J connectivity index is 1.39. The number of oxazole rings is 1. The topological polar surface area (TPSA) is 58.4 Å². The average Bonchev–Trinajstić information content (AvgIpc) is 3.13. The molecule has 150 valence electrons. The third kappa shape index (κ3) is 3.53. The van der Waals surface area contributed by atoms with Crippen molar-refractivity contribution in [3.8, 4) is 11.5 Å². The van der Waals surface area contributed by atoms with Gasteiger partial charge in [0, 0.05) is 28.7 Å². The highest BCUT2D eigenvalue weighted by molar-refractivity contribution is 6.30. The summed E-state index contributed by atoms with van der Waals surface area (Å²) in [6, 6.07) is 14.2. The summed E-state index contributed by atoms with van der Waals surface area (Å²) >= 11 is 5.97. The number of nitrogens with one attached hydrogen (secondary N) is 1. The Morgan fingerprint density at radius 1 is 1.14 bits per heavy atom. The van der Waals surface area contributed by atoms with Crippen LogP contribution in [0, 0.1) is 0 Å². The summed E-state index contributed by atoms with van der Waals surface area (Å²) in [4.78, 5) is 20.2. The van der Waals surface area contributed by atoms with Gasteiger partial charge in [0.2, 0.25) is 5.89 Å². The van der Waals surface area contributed by atoms with Crippen LogP contribution >= 0.6 is 11.6 Å². The Morgan fingerprint density at radius 3 is 2.59 bits per heavy atom. The van der Waals surface area contributed by atoms with E-state index in [9.17, 15) is 4.79 Å². The molecular weight excluding hydrogens is 386 g/mol. The highest BCUT2D eigenvalue weighted by atomic mass is 35.5. The Hall–Kier alpha value is -2.37. The molecule has 5 nitrogen and oxygen atoms in total. The molecule has 1 N–H and O–H groups in total. The van der Waals surface area contributed by atoms with Crippen molar-refractivity contribution in [2.24, 2.45) is 0 Å². The molecule has 29 heavy (non-hydrogen) atoms. The summed E-state index contributed by atoms with van der Waals surface area (Å²) < 4.78 is 5.91. The Morgan fingerprint density at radius 2 is 1.86 bits per heavy atom. The van der Waals surface area contributed by atoms with Crippen LogP contribution < -0.4 is 5.32 Å². The number of amides is 1. The van der Waals surface area contributed by atoms with Gasteiger partial charge in [0.05, 0.1) is 5.56 Å². The number of halogens is 1. The molecule has 2 bridgehead atoms. The zero-order chi connectivity index (χ0) is 20.0. The summed E-state index contributed by atoms with van der Waals surface area (Å²) in [5.41, 5.74) is 2.61. The molecular formula is C23H24ClN3O2. The second-order valence-corrected chi connectivity index (χ2v) is 8.66. The van der Waals surface area contributed by atoms with Gasteiger partial charge in [-0.3, -0.25) is 4.79 Å². The Labute approximate surface area is 175 Å². The Bertz CT molecular complexity index is 1030. The highest BCUT2D eigenvalue weighted by Crippen LogP contribution is 2.33. The predicted molar refractivity (Wildman–Crippen MR) is 114 cm³/mol. The number of hydrogen-bond donors (Lipinski definition) is 1. The van der Waals surface area contributed by atoms with Gasteiger partial charge in [-0.2, -0.15) is 0 Å². The summed E-state index contributed by atoms with van der Waals surface area (Å²) in [5.74, 6) is 0.421. The zero-order valence-electron chi connectivity index (χ0n) is 16.4.